The van der Waals surface area contributed by atoms with Gasteiger partial charge in [-0.3, -0.25) is 14.3 Å². The molecule has 2 aromatic rings. The van der Waals surface area contributed by atoms with Crippen molar-refractivity contribution in [3.05, 3.63) is 24.5 Å². The fraction of sp³-hybridized carbons (Fsp3) is 0.467. The first kappa shape index (κ1) is 15.0. The fourth-order valence-electron chi connectivity index (χ4n) is 2.23. The van der Waals surface area contributed by atoms with Gasteiger partial charge in [0.2, 0.25) is 5.91 Å². The van der Waals surface area contributed by atoms with Crippen molar-refractivity contribution < 1.29 is 4.79 Å². The third kappa shape index (κ3) is 3.47. The number of nitrogens with zero attached hydrogens (tertiary/aromatic N) is 4. The smallest absolute Gasteiger partial charge is 0.230 e. The lowest BCUT2D eigenvalue weighted by Gasteiger charge is -2.10. The zero-order chi connectivity index (χ0) is 15.5. The summed E-state index contributed by atoms with van der Waals surface area (Å²) in [5.41, 5.74) is 1.01. The van der Waals surface area contributed by atoms with Crippen molar-refractivity contribution in [1.29, 1.82) is 0 Å². The van der Waals surface area contributed by atoms with Crippen LogP contribution in [-0.4, -0.2) is 37.5 Å². The summed E-state index contributed by atoms with van der Waals surface area (Å²) in [5.74, 6) is 1.24. The highest BCUT2D eigenvalue weighted by Gasteiger charge is 2.30. The lowest BCUT2D eigenvalue weighted by atomic mass is 10.2. The van der Waals surface area contributed by atoms with Crippen LogP contribution in [0, 0.1) is 0 Å². The van der Waals surface area contributed by atoms with E-state index in [0.717, 1.165) is 29.4 Å². The largest absolute Gasteiger partial charge is 0.353 e. The van der Waals surface area contributed by atoms with E-state index in [9.17, 15) is 4.79 Å². The van der Waals surface area contributed by atoms with Crippen LogP contribution in [0.1, 0.15) is 32.7 Å². The monoisotopic (exact) mass is 317 g/mol. The van der Waals surface area contributed by atoms with Gasteiger partial charge in [0, 0.05) is 30.0 Å². The van der Waals surface area contributed by atoms with Gasteiger partial charge in [0.15, 0.2) is 11.0 Å². The summed E-state index contributed by atoms with van der Waals surface area (Å²) < 4.78 is 2.16. The molecule has 7 heteroatoms. The van der Waals surface area contributed by atoms with Crippen LogP contribution in [0.5, 0.6) is 0 Å². The molecule has 0 bridgehead atoms. The summed E-state index contributed by atoms with van der Waals surface area (Å²) in [6, 6.07) is 4.47. The molecule has 1 aliphatic carbocycles. The van der Waals surface area contributed by atoms with Crippen molar-refractivity contribution in [2.75, 3.05) is 5.75 Å². The predicted molar refractivity (Wildman–Crippen MR) is 85.5 cm³/mol. The zero-order valence-electron chi connectivity index (χ0n) is 12.7. The normalized spacial score (nSPS) is 14.3. The van der Waals surface area contributed by atoms with E-state index in [1.165, 1.54) is 11.8 Å². The molecule has 1 saturated carbocycles. The van der Waals surface area contributed by atoms with Crippen LogP contribution in [0.3, 0.4) is 0 Å². The quantitative estimate of drug-likeness (QED) is 0.828. The minimum Gasteiger partial charge on any atom is -0.353 e. The molecule has 1 aliphatic rings. The molecular formula is C15H19N5OS. The molecule has 1 N–H and O–H groups in total. The number of nitrogens with one attached hydrogen (secondary N) is 1. The number of carbonyl (C=O) groups excluding carboxylic acids is 1. The molecule has 2 heterocycles. The second-order valence-corrected chi connectivity index (χ2v) is 6.60. The van der Waals surface area contributed by atoms with E-state index in [4.69, 9.17) is 0 Å². The van der Waals surface area contributed by atoms with E-state index in [1.807, 2.05) is 26.0 Å². The summed E-state index contributed by atoms with van der Waals surface area (Å²) in [7, 11) is 0. The Morgan fingerprint density at radius 2 is 2.09 bits per heavy atom. The third-order valence-corrected chi connectivity index (χ3v) is 4.24. The topological polar surface area (TPSA) is 72.7 Å². The maximum Gasteiger partial charge on any atom is 0.230 e. The maximum absolute atomic E-state index is 11.8. The lowest BCUT2D eigenvalue weighted by Crippen LogP contribution is -2.31. The molecule has 2 aromatic heterocycles. The first-order valence-corrected chi connectivity index (χ1v) is 8.41. The molecule has 116 valence electrons. The van der Waals surface area contributed by atoms with Gasteiger partial charge in [-0.1, -0.05) is 11.8 Å². The standard InChI is InChI=1S/C15H19N5OS/c1-10(2)17-13(21)9-22-15-19-18-14(20(15)12-3-4-12)11-5-7-16-8-6-11/h5-8,10,12H,3-4,9H2,1-2H3,(H,17,21). The van der Waals surface area contributed by atoms with Crippen molar-refractivity contribution in [3.63, 3.8) is 0 Å². The van der Waals surface area contributed by atoms with Gasteiger partial charge in [-0.2, -0.15) is 0 Å². The van der Waals surface area contributed by atoms with Crippen molar-refractivity contribution >= 4 is 17.7 Å². The van der Waals surface area contributed by atoms with Gasteiger partial charge in [-0.05, 0) is 38.8 Å². The SMILES string of the molecule is CC(C)NC(=O)CSc1nnc(-c2ccncc2)n1C1CC1. The summed E-state index contributed by atoms with van der Waals surface area (Å²) in [4.78, 5) is 15.8. The molecule has 0 spiro atoms. The average molecular weight is 317 g/mol. The first-order valence-electron chi connectivity index (χ1n) is 7.42. The van der Waals surface area contributed by atoms with E-state index in [-0.39, 0.29) is 11.9 Å². The fourth-order valence-corrected chi connectivity index (χ4v) is 3.05. The Labute approximate surface area is 133 Å². The molecule has 0 saturated heterocycles. The van der Waals surface area contributed by atoms with Gasteiger partial charge in [-0.15, -0.1) is 10.2 Å². The van der Waals surface area contributed by atoms with Gasteiger partial charge in [0.05, 0.1) is 5.75 Å². The van der Waals surface area contributed by atoms with E-state index in [1.54, 1.807) is 12.4 Å². The molecule has 0 atom stereocenters. The van der Waals surface area contributed by atoms with Crippen LogP contribution in [-0.2, 0) is 4.79 Å². The number of thioether (sulfide) groups is 1. The molecule has 22 heavy (non-hydrogen) atoms. The summed E-state index contributed by atoms with van der Waals surface area (Å²) in [6.07, 6.45) is 5.79. The molecular weight excluding hydrogens is 298 g/mol. The highest BCUT2D eigenvalue weighted by molar-refractivity contribution is 7.99. The van der Waals surface area contributed by atoms with E-state index >= 15 is 0 Å². The molecule has 0 radical (unpaired) electrons. The first-order chi connectivity index (χ1) is 10.6. The number of pyridine rings is 1. The predicted octanol–water partition coefficient (Wildman–Crippen LogP) is 2.29. The number of aromatic nitrogens is 4. The van der Waals surface area contributed by atoms with Gasteiger partial charge in [0.1, 0.15) is 0 Å². The molecule has 3 rings (SSSR count). The van der Waals surface area contributed by atoms with E-state index in [2.05, 4.69) is 25.1 Å². The molecule has 6 nitrogen and oxygen atoms in total. The Bertz CT molecular complexity index is 651. The number of amides is 1. The minimum absolute atomic E-state index is 0.0239. The van der Waals surface area contributed by atoms with Gasteiger partial charge in [0.25, 0.3) is 0 Å². The third-order valence-electron chi connectivity index (χ3n) is 3.30. The van der Waals surface area contributed by atoms with Gasteiger partial charge >= 0.3 is 0 Å². The Hall–Kier alpha value is -1.89. The number of rotatable bonds is 6. The van der Waals surface area contributed by atoms with Crippen molar-refractivity contribution in [2.45, 2.75) is 43.9 Å². The van der Waals surface area contributed by atoms with Crippen LogP contribution < -0.4 is 5.32 Å². The molecule has 1 fully saturated rings. The zero-order valence-corrected chi connectivity index (χ0v) is 13.5. The number of hydrogen-bond acceptors (Lipinski definition) is 5. The van der Waals surface area contributed by atoms with Crippen LogP contribution >= 0.6 is 11.8 Å². The summed E-state index contributed by atoms with van der Waals surface area (Å²) in [5, 5.41) is 12.3. The van der Waals surface area contributed by atoms with Crippen molar-refractivity contribution in [2.24, 2.45) is 0 Å². The molecule has 1 amide bonds. The molecule has 0 unspecified atom stereocenters. The average Bonchev–Trinajstić information content (AvgIpc) is 3.25. The van der Waals surface area contributed by atoms with Crippen LogP contribution in [0.2, 0.25) is 0 Å². The highest BCUT2D eigenvalue weighted by Crippen LogP contribution is 2.40. The highest BCUT2D eigenvalue weighted by atomic mass is 32.2. The Balaban J connectivity index is 1.78. The maximum atomic E-state index is 11.8. The second kappa shape index (κ2) is 6.48. The van der Waals surface area contributed by atoms with Crippen LogP contribution in [0.25, 0.3) is 11.4 Å². The van der Waals surface area contributed by atoms with Crippen LogP contribution in [0.15, 0.2) is 29.7 Å². The van der Waals surface area contributed by atoms with E-state index < -0.39 is 0 Å². The van der Waals surface area contributed by atoms with Crippen molar-refractivity contribution in [3.8, 4) is 11.4 Å². The summed E-state index contributed by atoms with van der Waals surface area (Å²) in [6.45, 7) is 3.91. The van der Waals surface area contributed by atoms with Crippen LogP contribution in [0.4, 0.5) is 0 Å². The Kier molecular flexibility index (Phi) is 4.42. The number of carbonyl (C=O) groups is 1. The molecule has 0 aromatic carbocycles. The number of hydrogen-bond donors (Lipinski definition) is 1. The Morgan fingerprint density at radius 3 is 2.73 bits per heavy atom. The molecule has 0 aliphatic heterocycles. The van der Waals surface area contributed by atoms with Crippen molar-refractivity contribution in [1.82, 2.24) is 25.1 Å². The van der Waals surface area contributed by atoms with Gasteiger partial charge < -0.3 is 5.32 Å². The summed E-state index contributed by atoms with van der Waals surface area (Å²) >= 11 is 1.44. The minimum atomic E-state index is 0.0239. The lowest BCUT2D eigenvalue weighted by molar-refractivity contribution is -0.119. The van der Waals surface area contributed by atoms with E-state index in [0.29, 0.717) is 11.8 Å². The second-order valence-electron chi connectivity index (χ2n) is 5.65. The van der Waals surface area contributed by atoms with Gasteiger partial charge in [-0.25, -0.2) is 0 Å². The Morgan fingerprint density at radius 1 is 1.36 bits per heavy atom.